The van der Waals surface area contributed by atoms with E-state index in [9.17, 15) is 10.2 Å². The van der Waals surface area contributed by atoms with E-state index in [1.165, 1.54) is 25.7 Å². The summed E-state index contributed by atoms with van der Waals surface area (Å²) in [5.74, 6) is 2.15. The molecule has 2 heterocycles. The number of aromatic hydroxyl groups is 2. The number of benzene rings is 5. The van der Waals surface area contributed by atoms with Gasteiger partial charge in [-0.05, 0) is 103 Å². The van der Waals surface area contributed by atoms with Gasteiger partial charge in [0.05, 0.1) is 16.8 Å². The minimum absolute atomic E-state index is 0. The number of hydrogen-bond donors (Lipinski definition) is 2. The average molecular weight is 755 g/mol. The largest absolute Gasteiger partial charge is 0.507 e. The number of phenols is 2. The van der Waals surface area contributed by atoms with Crippen LogP contribution < -0.4 is 9.47 Å². The Kier molecular flexibility index (Phi) is 12.5. The second-order valence-corrected chi connectivity index (χ2v) is 13.9. The Morgan fingerprint density at radius 2 is 0.945 bits per heavy atom. The van der Waals surface area contributed by atoms with Crippen molar-refractivity contribution in [3.63, 3.8) is 0 Å². The molecule has 5 aromatic carbocycles. The lowest BCUT2D eigenvalue weighted by atomic mass is 9.94. The quantitative estimate of drug-likeness (QED) is 0.122. The molecule has 2 fully saturated rings. The minimum atomic E-state index is 0. The summed E-state index contributed by atoms with van der Waals surface area (Å²) in [6.07, 6.45) is 9.32. The van der Waals surface area contributed by atoms with E-state index in [-0.39, 0.29) is 38.6 Å². The third kappa shape index (κ3) is 8.82. The maximum Gasteiger partial charge on any atom is 0.218 e. The van der Waals surface area contributed by atoms with Crippen LogP contribution in [0.2, 0.25) is 5.15 Å². The van der Waals surface area contributed by atoms with Crippen LogP contribution in [0.5, 0.6) is 23.3 Å². The van der Waals surface area contributed by atoms with Crippen molar-refractivity contribution in [2.45, 2.75) is 78.4 Å². The molecule has 0 amide bonds. The zero-order valence-electron chi connectivity index (χ0n) is 29.2. The van der Waals surface area contributed by atoms with Gasteiger partial charge in [0, 0.05) is 17.7 Å². The summed E-state index contributed by atoms with van der Waals surface area (Å²) < 4.78 is 12.2. The number of hydrogen-bond acceptors (Lipinski definition) is 8. The van der Waals surface area contributed by atoms with Gasteiger partial charge in [0.1, 0.15) is 28.9 Å². The lowest BCUT2D eigenvalue weighted by Gasteiger charge is -2.16. The molecule has 7 aromatic rings. The molecule has 282 valence electrons. The molecule has 2 N–H and O–H groups in total. The van der Waals surface area contributed by atoms with Gasteiger partial charge in [0.2, 0.25) is 11.8 Å². The summed E-state index contributed by atoms with van der Waals surface area (Å²) in [7, 11) is 0. The van der Waals surface area contributed by atoms with Crippen LogP contribution in [0, 0.1) is 0 Å². The summed E-state index contributed by atoms with van der Waals surface area (Å²) in [5, 5.41) is 25.3. The molecule has 2 aliphatic carbocycles. The lowest BCUT2D eigenvalue weighted by molar-refractivity contribution is 0.201. The van der Waals surface area contributed by atoms with Crippen molar-refractivity contribution >= 4 is 33.1 Å². The number of para-hydroxylation sites is 2. The number of rotatable bonds is 7. The van der Waals surface area contributed by atoms with E-state index in [4.69, 9.17) is 31.0 Å². The molecule has 0 spiro atoms. The van der Waals surface area contributed by atoms with Crippen LogP contribution >= 0.6 is 11.6 Å². The van der Waals surface area contributed by atoms with Gasteiger partial charge in [-0.1, -0.05) is 99.3 Å². The first-order valence-corrected chi connectivity index (χ1v) is 18.6. The van der Waals surface area contributed by atoms with E-state index < -0.39 is 0 Å². The van der Waals surface area contributed by atoms with Crippen LogP contribution in [0.3, 0.4) is 0 Å². The molecule has 8 nitrogen and oxygen atoms in total. The van der Waals surface area contributed by atoms with Gasteiger partial charge in [0.15, 0.2) is 11.6 Å². The zero-order chi connectivity index (χ0) is 36.1. The van der Waals surface area contributed by atoms with Crippen LogP contribution in [0.15, 0.2) is 115 Å². The van der Waals surface area contributed by atoms with Gasteiger partial charge in [-0.2, -0.15) is 9.97 Å². The highest BCUT2D eigenvalue weighted by Gasteiger charge is 2.22. The monoisotopic (exact) mass is 754 g/mol. The number of ether oxygens (including phenoxy) is 2. The summed E-state index contributed by atoms with van der Waals surface area (Å²) in [6, 6.07) is 36.7. The second kappa shape index (κ2) is 17.6. The summed E-state index contributed by atoms with van der Waals surface area (Å²) in [6.45, 7) is 0. The summed E-state index contributed by atoms with van der Waals surface area (Å²) in [4.78, 5) is 18.2. The molecular weight excluding hydrogens is 708 g/mol. The molecule has 2 saturated carbocycles. The van der Waals surface area contributed by atoms with Gasteiger partial charge in [-0.15, -0.1) is 0 Å². The SMILES string of the molecule is C.C.Oc1ccccc1-c1nc(Cl)cc(OC2CCCC2)n1.Oc1ccccc1-c1nc(OC2CCCC2)cc(-c2c3ccccc3cc3ccccc23)n1. The fourth-order valence-electron chi connectivity index (χ4n) is 7.28. The Hall–Kier alpha value is -5.73. The third-order valence-electron chi connectivity index (χ3n) is 9.87. The zero-order valence-corrected chi connectivity index (χ0v) is 29.9. The van der Waals surface area contributed by atoms with E-state index in [2.05, 4.69) is 64.6 Å². The van der Waals surface area contributed by atoms with E-state index in [0.717, 1.165) is 58.5 Å². The van der Waals surface area contributed by atoms with Crippen molar-refractivity contribution in [2.24, 2.45) is 0 Å². The molecule has 0 atom stereocenters. The molecule has 0 aliphatic heterocycles. The van der Waals surface area contributed by atoms with Crippen molar-refractivity contribution in [3.05, 3.63) is 120 Å². The van der Waals surface area contributed by atoms with Crippen LogP contribution in [-0.2, 0) is 0 Å². The summed E-state index contributed by atoms with van der Waals surface area (Å²) in [5.41, 5.74) is 3.00. The van der Waals surface area contributed by atoms with Gasteiger partial charge in [-0.25, -0.2) is 9.97 Å². The average Bonchev–Trinajstić information content (AvgIpc) is 3.89. The van der Waals surface area contributed by atoms with Crippen molar-refractivity contribution < 1.29 is 19.7 Å². The first-order valence-electron chi connectivity index (χ1n) is 18.2. The molecule has 0 unspecified atom stereocenters. The van der Waals surface area contributed by atoms with Crippen LogP contribution in [0.1, 0.15) is 66.2 Å². The van der Waals surface area contributed by atoms with Crippen LogP contribution in [-0.4, -0.2) is 42.4 Å². The highest BCUT2D eigenvalue weighted by atomic mass is 35.5. The molecule has 9 heteroatoms. The Balaban J connectivity index is 0.000000202. The fraction of sp³-hybridized carbons (Fsp3) is 0.261. The molecule has 2 aromatic heterocycles. The molecule has 0 bridgehead atoms. The number of fused-ring (bicyclic) bond motifs is 2. The highest BCUT2D eigenvalue weighted by molar-refractivity contribution is 6.29. The molecule has 9 rings (SSSR count). The standard InChI is InChI=1S/C29H24N2O2.C15H15ClN2O2.2CH4/c32-26-16-8-7-15-24(26)29-30-25(18-27(31-29)33-21-11-3-4-12-21)28-22-13-5-1-9-19(22)17-20-10-2-6-14-23(20)28;16-13-9-14(20-10-5-1-2-6-10)18-15(17-13)11-7-3-4-8-12(11)19;;/h1-2,5-10,13-18,21,32H,3-4,11-12H2;3-4,7-10,19H,1-2,5-6H2;2*1H4. The van der Waals surface area contributed by atoms with Crippen molar-refractivity contribution in [2.75, 3.05) is 0 Å². The molecule has 2 aliphatic rings. The molecule has 0 saturated heterocycles. The van der Waals surface area contributed by atoms with Crippen molar-refractivity contribution in [1.82, 2.24) is 19.9 Å². The van der Waals surface area contributed by atoms with Crippen LogP contribution in [0.4, 0.5) is 0 Å². The number of aromatic nitrogens is 4. The van der Waals surface area contributed by atoms with E-state index in [1.807, 2.05) is 24.3 Å². The topological polar surface area (TPSA) is 110 Å². The first-order chi connectivity index (χ1) is 26.0. The van der Waals surface area contributed by atoms with E-state index in [0.29, 0.717) is 39.7 Å². The fourth-order valence-corrected chi connectivity index (χ4v) is 7.45. The number of phenolic OH excluding ortho intramolecular Hbond substituents is 2. The molecule has 55 heavy (non-hydrogen) atoms. The Morgan fingerprint density at radius 1 is 0.509 bits per heavy atom. The van der Waals surface area contributed by atoms with Gasteiger partial charge >= 0.3 is 0 Å². The first kappa shape index (κ1) is 39.0. The smallest absolute Gasteiger partial charge is 0.218 e. The maximum atomic E-state index is 10.5. The number of halogens is 1. The van der Waals surface area contributed by atoms with E-state index >= 15 is 0 Å². The maximum absolute atomic E-state index is 10.5. The second-order valence-electron chi connectivity index (χ2n) is 13.5. The van der Waals surface area contributed by atoms with Gasteiger partial charge in [-0.3, -0.25) is 0 Å². The Morgan fingerprint density at radius 3 is 1.45 bits per heavy atom. The third-order valence-corrected chi connectivity index (χ3v) is 10.1. The summed E-state index contributed by atoms with van der Waals surface area (Å²) >= 11 is 6.02. The van der Waals surface area contributed by atoms with Crippen LogP contribution in [0.25, 0.3) is 55.6 Å². The van der Waals surface area contributed by atoms with Crippen molar-refractivity contribution in [3.8, 4) is 57.3 Å². The molecule has 0 radical (unpaired) electrons. The minimum Gasteiger partial charge on any atom is -0.507 e. The lowest BCUT2D eigenvalue weighted by Crippen LogP contribution is -2.12. The molecular formula is C46H47ClN4O4. The normalized spacial score (nSPS) is 14.1. The Bertz CT molecular complexity index is 2340. The van der Waals surface area contributed by atoms with Gasteiger partial charge in [0.25, 0.3) is 0 Å². The van der Waals surface area contributed by atoms with E-state index in [1.54, 1.807) is 36.4 Å². The predicted octanol–water partition coefficient (Wildman–Crippen LogP) is 12.2. The van der Waals surface area contributed by atoms with Gasteiger partial charge < -0.3 is 19.7 Å². The highest BCUT2D eigenvalue weighted by Crippen LogP contribution is 2.39. The van der Waals surface area contributed by atoms with Crippen molar-refractivity contribution in [1.29, 1.82) is 0 Å². The Labute approximate surface area is 327 Å². The number of nitrogens with zero attached hydrogens (tertiary/aromatic N) is 4. The predicted molar refractivity (Wildman–Crippen MR) is 223 cm³/mol.